The molecule has 1 saturated heterocycles. The number of hydrogen-bond acceptors (Lipinski definition) is 5. The Hall–Kier alpha value is -2.02. The van der Waals surface area contributed by atoms with Gasteiger partial charge in [-0.15, -0.1) is 0 Å². The molecule has 1 aromatic heterocycles. The third kappa shape index (κ3) is 4.98. The molecular formula is C19H27N5O. The van der Waals surface area contributed by atoms with Crippen molar-refractivity contribution in [3.05, 3.63) is 36.0 Å². The predicted octanol–water partition coefficient (Wildman–Crippen LogP) is 1.32. The second-order valence-electron chi connectivity index (χ2n) is 6.76. The Balaban J connectivity index is 1.47. The summed E-state index contributed by atoms with van der Waals surface area (Å²) in [6.45, 7) is 8.59. The number of amides is 1. The smallest absolute Gasteiger partial charge is 0.238 e. The maximum absolute atomic E-state index is 12.2. The van der Waals surface area contributed by atoms with Gasteiger partial charge >= 0.3 is 0 Å². The Morgan fingerprint density at radius 2 is 2.04 bits per heavy atom. The SMILES string of the molecule is Cc1cc(NC(=O)CNCCN2CCN(C)CC2)c2ncccc2c1. The molecule has 0 radical (unpaired) electrons. The maximum Gasteiger partial charge on any atom is 0.238 e. The number of pyridine rings is 1. The first kappa shape index (κ1) is 17.8. The highest BCUT2D eigenvalue weighted by Crippen LogP contribution is 2.23. The van der Waals surface area contributed by atoms with Gasteiger partial charge in [-0.3, -0.25) is 14.7 Å². The fourth-order valence-corrected chi connectivity index (χ4v) is 3.14. The van der Waals surface area contributed by atoms with Gasteiger partial charge in [0.05, 0.1) is 17.7 Å². The van der Waals surface area contributed by atoms with Crippen molar-refractivity contribution in [1.29, 1.82) is 0 Å². The van der Waals surface area contributed by atoms with Crippen LogP contribution in [-0.2, 0) is 4.79 Å². The van der Waals surface area contributed by atoms with E-state index in [9.17, 15) is 4.79 Å². The summed E-state index contributed by atoms with van der Waals surface area (Å²) in [6.07, 6.45) is 1.75. The van der Waals surface area contributed by atoms with Crippen LogP contribution >= 0.6 is 0 Å². The summed E-state index contributed by atoms with van der Waals surface area (Å²) < 4.78 is 0. The predicted molar refractivity (Wildman–Crippen MR) is 102 cm³/mol. The highest BCUT2D eigenvalue weighted by molar-refractivity contribution is 6.01. The van der Waals surface area contributed by atoms with E-state index >= 15 is 0 Å². The molecule has 2 aromatic rings. The van der Waals surface area contributed by atoms with Gasteiger partial charge in [-0.25, -0.2) is 0 Å². The molecule has 0 spiro atoms. The van der Waals surface area contributed by atoms with E-state index in [1.807, 2.05) is 25.1 Å². The number of anilines is 1. The Bertz CT molecular complexity index is 725. The van der Waals surface area contributed by atoms with Crippen LogP contribution in [0.25, 0.3) is 10.9 Å². The molecule has 0 atom stereocenters. The minimum Gasteiger partial charge on any atom is -0.323 e. The summed E-state index contributed by atoms with van der Waals surface area (Å²) in [5.74, 6) is -0.0315. The zero-order valence-corrected chi connectivity index (χ0v) is 15.1. The summed E-state index contributed by atoms with van der Waals surface area (Å²) in [5, 5.41) is 7.27. The van der Waals surface area contributed by atoms with Crippen molar-refractivity contribution in [1.82, 2.24) is 20.1 Å². The summed E-state index contributed by atoms with van der Waals surface area (Å²) in [7, 11) is 2.16. The number of carbonyl (C=O) groups excluding carboxylic acids is 1. The van der Waals surface area contributed by atoms with Crippen LogP contribution < -0.4 is 10.6 Å². The van der Waals surface area contributed by atoms with Gasteiger partial charge < -0.3 is 15.5 Å². The van der Waals surface area contributed by atoms with Gasteiger partial charge in [0.2, 0.25) is 5.91 Å². The van der Waals surface area contributed by atoms with Crippen LogP contribution in [0.1, 0.15) is 5.56 Å². The molecule has 1 aliphatic rings. The van der Waals surface area contributed by atoms with Crippen LogP contribution in [-0.4, -0.2) is 73.6 Å². The maximum atomic E-state index is 12.2. The second-order valence-corrected chi connectivity index (χ2v) is 6.76. The van der Waals surface area contributed by atoms with E-state index in [1.54, 1.807) is 6.20 Å². The monoisotopic (exact) mass is 341 g/mol. The fraction of sp³-hybridized carbons (Fsp3) is 0.474. The van der Waals surface area contributed by atoms with Gasteiger partial charge in [0.1, 0.15) is 0 Å². The normalized spacial score (nSPS) is 16.2. The van der Waals surface area contributed by atoms with Crippen molar-refractivity contribution < 1.29 is 4.79 Å². The third-order valence-corrected chi connectivity index (χ3v) is 4.61. The van der Waals surface area contributed by atoms with Crippen molar-refractivity contribution in [2.45, 2.75) is 6.92 Å². The van der Waals surface area contributed by atoms with Gasteiger partial charge in [0.15, 0.2) is 0 Å². The minimum atomic E-state index is -0.0315. The number of piperazine rings is 1. The molecule has 2 N–H and O–H groups in total. The van der Waals surface area contributed by atoms with E-state index < -0.39 is 0 Å². The van der Waals surface area contributed by atoms with E-state index in [-0.39, 0.29) is 5.91 Å². The summed E-state index contributed by atoms with van der Waals surface area (Å²) in [5.41, 5.74) is 2.72. The lowest BCUT2D eigenvalue weighted by Gasteiger charge is -2.32. The highest BCUT2D eigenvalue weighted by Gasteiger charge is 2.13. The number of likely N-dealkylation sites (N-methyl/N-ethyl adjacent to an activating group) is 1. The molecule has 0 unspecified atom stereocenters. The van der Waals surface area contributed by atoms with E-state index in [4.69, 9.17) is 0 Å². The van der Waals surface area contributed by atoms with Gasteiger partial charge in [-0.2, -0.15) is 0 Å². The van der Waals surface area contributed by atoms with Crippen LogP contribution in [0.15, 0.2) is 30.5 Å². The molecule has 1 amide bonds. The number of aromatic nitrogens is 1. The molecule has 1 fully saturated rings. The van der Waals surface area contributed by atoms with Crippen LogP contribution in [0.4, 0.5) is 5.69 Å². The van der Waals surface area contributed by atoms with Crippen LogP contribution in [0, 0.1) is 6.92 Å². The number of rotatable bonds is 6. The largest absolute Gasteiger partial charge is 0.323 e. The molecule has 0 saturated carbocycles. The zero-order chi connectivity index (χ0) is 17.6. The molecule has 25 heavy (non-hydrogen) atoms. The number of hydrogen-bond donors (Lipinski definition) is 2. The van der Waals surface area contributed by atoms with Crippen LogP contribution in [0.5, 0.6) is 0 Å². The first-order valence-corrected chi connectivity index (χ1v) is 8.88. The van der Waals surface area contributed by atoms with Crippen molar-refractivity contribution in [2.24, 2.45) is 0 Å². The van der Waals surface area contributed by atoms with Crippen molar-refractivity contribution in [2.75, 3.05) is 58.2 Å². The number of nitrogens with one attached hydrogen (secondary N) is 2. The van der Waals surface area contributed by atoms with E-state index in [1.165, 1.54) is 0 Å². The van der Waals surface area contributed by atoms with Gasteiger partial charge in [-0.1, -0.05) is 6.07 Å². The van der Waals surface area contributed by atoms with E-state index in [2.05, 4.69) is 38.5 Å². The zero-order valence-electron chi connectivity index (χ0n) is 15.1. The third-order valence-electron chi connectivity index (χ3n) is 4.61. The Morgan fingerprint density at radius 1 is 1.24 bits per heavy atom. The first-order valence-electron chi connectivity index (χ1n) is 8.88. The van der Waals surface area contributed by atoms with E-state index in [0.717, 1.165) is 61.4 Å². The van der Waals surface area contributed by atoms with Crippen molar-refractivity contribution in [3.63, 3.8) is 0 Å². The fourth-order valence-electron chi connectivity index (χ4n) is 3.14. The molecule has 134 valence electrons. The number of fused-ring (bicyclic) bond motifs is 1. The second kappa shape index (κ2) is 8.38. The van der Waals surface area contributed by atoms with Crippen molar-refractivity contribution >= 4 is 22.5 Å². The summed E-state index contributed by atoms with van der Waals surface area (Å²) in [4.78, 5) is 21.4. The molecule has 2 heterocycles. The van der Waals surface area contributed by atoms with Gasteiger partial charge in [0, 0.05) is 50.9 Å². The number of benzene rings is 1. The Kier molecular flexibility index (Phi) is 5.96. The average molecular weight is 341 g/mol. The molecule has 6 heteroatoms. The molecule has 1 aliphatic heterocycles. The van der Waals surface area contributed by atoms with Crippen molar-refractivity contribution in [3.8, 4) is 0 Å². The standard InChI is InChI=1S/C19H27N5O/c1-15-12-16-4-3-5-21-19(16)17(13-15)22-18(25)14-20-6-7-24-10-8-23(2)9-11-24/h3-5,12-13,20H,6-11,14H2,1-2H3,(H,22,25). The van der Waals surface area contributed by atoms with Gasteiger partial charge in [0.25, 0.3) is 0 Å². The topological polar surface area (TPSA) is 60.5 Å². The number of aryl methyl sites for hydroxylation is 1. The van der Waals surface area contributed by atoms with Crippen LogP contribution in [0.2, 0.25) is 0 Å². The Morgan fingerprint density at radius 3 is 2.84 bits per heavy atom. The van der Waals surface area contributed by atoms with Crippen LogP contribution in [0.3, 0.4) is 0 Å². The molecule has 1 aromatic carbocycles. The molecule has 0 bridgehead atoms. The lowest BCUT2D eigenvalue weighted by molar-refractivity contribution is -0.115. The highest BCUT2D eigenvalue weighted by atomic mass is 16.1. The minimum absolute atomic E-state index is 0.0315. The van der Waals surface area contributed by atoms with E-state index in [0.29, 0.717) is 6.54 Å². The summed E-state index contributed by atoms with van der Waals surface area (Å²) >= 11 is 0. The lowest BCUT2D eigenvalue weighted by atomic mass is 10.1. The molecule has 6 nitrogen and oxygen atoms in total. The molecular weight excluding hydrogens is 314 g/mol. The molecule has 3 rings (SSSR count). The summed E-state index contributed by atoms with van der Waals surface area (Å²) in [6, 6.07) is 7.97. The number of carbonyl (C=O) groups is 1. The average Bonchev–Trinajstić information content (AvgIpc) is 2.60. The lowest BCUT2D eigenvalue weighted by Crippen LogP contribution is -2.46. The Labute approximate surface area is 149 Å². The number of nitrogens with zero attached hydrogens (tertiary/aromatic N) is 3. The molecule has 0 aliphatic carbocycles. The first-order chi connectivity index (χ1) is 12.1. The van der Waals surface area contributed by atoms with Gasteiger partial charge in [-0.05, 0) is 37.7 Å². The quantitative estimate of drug-likeness (QED) is 0.776.